The van der Waals surface area contributed by atoms with Crippen molar-refractivity contribution in [1.82, 2.24) is 9.88 Å². The average Bonchev–Trinajstić information content (AvgIpc) is 3.11. The fourth-order valence-electron chi connectivity index (χ4n) is 3.69. The predicted molar refractivity (Wildman–Crippen MR) is 123 cm³/mol. The number of alkyl halides is 1. The van der Waals surface area contributed by atoms with Gasteiger partial charge in [0.2, 0.25) is 12.1 Å². The van der Waals surface area contributed by atoms with Gasteiger partial charge >= 0.3 is 0 Å². The number of pyridine rings is 1. The molecule has 0 radical (unpaired) electrons. The van der Waals surface area contributed by atoms with Crippen molar-refractivity contribution in [2.45, 2.75) is 6.30 Å². The first-order chi connectivity index (χ1) is 15.5. The van der Waals surface area contributed by atoms with Crippen molar-refractivity contribution >= 4 is 56.6 Å². The maximum Gasteiger partial charge on any atom is 0.296 e. The number of imide groups is 1. The molecular formula is C25H15FN2O3S. The van der Waals surface area contributed by atoms with Crippen molar-refractivity contribution in [3.8, 4) is 0 Å². The number of aromatic nitrogens is 1. The van der Waals surface area contributed by atoms with E-state index in [9.17, 15) is 18.8 Å². The zero-order valence-corrected chi connectivity index (χ0v) is 17.4. The molecule has 1 saturated heterocycles. The number of carbonyl (C=O) groups excluding carboxylic acids is 3. The third-order valence-corrected chi connectivity index (χ3v) is 6.11. The summed E-state index contributed by atoms with van der Waals surface area (Å²) in [6.45, 7) is 0. The number of para-hydroxylation sites is 2. The number of Topliss-reactive ketones (excluding diaryl/α,β-unsaturated/α-hetero) is 1. The smallest absolute Gasteiger partial charge is 0.289 e. The molecule has 0 spiro atoms. The Morgan fingerprint density at radius 2 is 1.44 bits per heavy atom. The molecule has 5 nitrogen and oxygen atoms in total. The van der Waals surface area contributed by atoms with E-state index in [-0.39, 0.29) is 10.5 Å². The highest BCUT2D eigenvalue weighted by molar-refractivity contribution is 8.18. The highest BCUT2D eigenvalue weighted by Crippen LogP contribution is 2.37. The van der Waals surface area contributed by atoms with Crippen LogP contribution in [0.5, 0.6) is 0 Å². The molecule has 5 rings (SSSR count). The number of amides is 2. The molecule has 1 unspecified atom stereocenters. The summed E-state index contributed by atoms with van der Waals surface area (Å²) in [5, 5.41) is 0.783. The first-order valence-corrected chi connectivity index (χ1v) is 10.6. The standard InChI is InChI=1S/C25H15FN2O3S/c26-23(22(29)15-8-2-1-3-9-15)28-24(30)21(32-25(28)31)14-18-16-10-4-6-12-19(16)27-20-13-7-5-11-17(18)20/h1-14,23H/b21-14-. The third-order valence-electron chi connectivity index (χ3n) is 5.23. The highest BCUT2D eigenvalue weighted by atomic mass is 32.2. The van der Waals surface area contributed by atoms with Crippen molar-refractivity contribution < 1.29 is 18.8 Å². The van der Waals surface area contributed by atoms with Crippen LogP contribution < -0.4 is 0 Å². The fraction of sp³-hybridized carbons (Fsp3) is 0.0400. The number of fused-ring (bicyclic) bond motifs is 2. The number of nitrogens with zero attached hydrogens (tertiary/aromatic N) is 2. The van der Waals surface area contributed by atoms with Gasteiger partial charge in [-0.2, -0.15) is 0 Å². The van der Waals surface area contributed by atoms with Crippen molar-refractivity contribution in [2.75, 3.05) is 0 Å². The predicted octanol–water partition coefficient (Wildman–Crippen LogP) is 5.60. The molecule has 1 atom stereocenters. The Morgan fingerprint density at radius 1 is 0.875 bits per heavy atom. The lowest BCUT2D eigenvalue weighted by atomic mass is 10.0. The van der Waals surface area contributed by atoms with Crippen molar-refractivity contribution in [1.29, 1.82) is 0 Å². The molecule has 2 amide bonds. The summed E-state index contributed by atoms with van der Waals surface area (Å²) >= 11 is 0.621. The quantitative estimate of drug-likeness (QED) is 0.178. The van der Waals surface area contributed by atoms with Crippen molar-refractivity contribution in [3.63, 3.8) is 0 Å². The number of hydrogen-bond donors (Lipinski definition) is 0. The monoisotopic (exact) mass is 442 g/mol. The molecule has 0 saturated carbocycles. The second-order valence-corrected chi connectivity index (χ2v) is 8.17. The second-order valence-electron chi connectivity index (χ2n) is 7.18. The Labute approximate surface area is 186 Å². The van der Waals surface area contributed by atoms with Gasteiger partial charge in [-0.15, -0.1) is 0 Å². The molecule has 32 heavy (non-hydrogen) atoms. The molecule has 1 fully saturated rings. The number of carbonyl (C=O) groups is 3. The lowest BCUT2D eigenvalue weighted by Crippen LogP contribution is -2.41. The molecule has 1 aliphatic rings. The van der Waals surface area contributed by atoms with E-state index < -0.39 is 23.2 Å². The summed E-state index contributed by atoms with van der Waals surface area (Å²) in [6, 6.07) is 22.7. The Balaban J connectivity index is 1.57. The minimum atomic E-state index is -2.39. The third kappa shape index (κ3) is 3.36. The molecule has 0 N–H and O–H groups in total. The largest absolute Gasteiger partial charge is 0.296 e. The lowest BCUT2D eigenvalue weighted by Gasteiger charge is -2.16. The van der Waals surface area contributed by atoms with Crippen LogP contribution in [-0.4, -0.2) is 33.1 Å². The number of hydrogen-bond acceptors (Lipinski definition) is 5. The van der Waals surface area contributed by atoms with Gasteiger partial charge < -0.3 is 0 Å². The number of ketones is 1. The summed E-state index contributed by atoms with van der Waals surface area (Å²) in [4.78, 5) is 43.1. The van der Waals surface area contributed by atoms with E-state index in [0.29, 0.717) is 22.2 Å². The van der Waals surface area contributed by atoms with Crippen LogP contribution in [0.4, 0.5) is 9.18 Å². The highest BCUT2D eigenvalue weighted by Gasteiger charge is 2.43. The minimum Gasteiger partial charge on any atom is -0.289 e. The van der Waals surface area contributed by atoms with Crippen LogP contribution in [0.1, 0.15) is 15.9 Å². The molecule has 1 aromatic heterocycles. The van der Waals surface area contributed by atoms with E-state index in [1.807, 2.05) is 48.5 Å². The normalized spacial score (nSPS) is 16.3. The molecule has 1 aliphatic heterocycles. The second kappa shape index (κ2) is 8.01. The first kappa shape index (κ1) is 20.1. The number of benzene rings is 3. The minimum absolute atomic E-state index is 0.0556. The van der Waals surface area contributed by atoms with Gasteiger partial charge in [-0.25, -0.2) is 14.3 Å². The molecule has 7 heteroatoms. The fourth-order valence-corrected chi connectivity index (χ4v) is 4.52. The Kier molecular flexibility index (Phi) is 5.03. The van der Waals surface area contributed by atoms with Gasteiger partial charge in [-0.05, 0) is 35.5 Å². The van der Waals surface area contributed by atoms with Crippen LogP contribution in [0.3, 0.4) is 0 Å². The Bertz CT molecular complexity index is 1380. The van der Waals surface area contributed by atoms with Gasteiger partial charge in [-0.3, -0.25) is 14.4 Å². The van der Waals surface area contributed by atoms with E-state index in [1.165, 1.54) is 12.1 Å². The maximum atomic E-state index is 15.0. The molecule has 0 aliphatic carbocycles. The van der Waals surface area contributed by atoms with E-state index in [1.54, 1.807) is 24.3 Å². The number of rotatable bonds is 4. The average molecular weight is 442 g/mol. The van der Waals surface area contributed by atoms with Gasteiger partial charge in [0, 0.05) is 16.3 Å². The first-order valence-electron chi connectivity index (χ1n) is 9.82. The topological polar surface area (TPSA) is 67.3 Å². The molecular weight excluding hydrogens is 427 g/mol. The summed E-state index contributed by atoms with van der Waals surface area (Å²) in [6.07, 6.45) is -0.807. The van der Waals surface area contributed by atoms with Gasteiger partial charge in [0.05, 0.1) is 15.9 Å². The Morgan fingerprint density at radius 3 is 2.06 bits per heavy atom. The zero-order chi connectivity index (χ0) is 22.2. The van der Waals surface area contributed by atoms with Crippen LogP contribution in [0.25, 0.3) is 27.9 Å². The van der Waals surface area contributed by atoms with Crippen LogP contribution in [0.15, 0.2) is 83.8 Å². The summed E-state index contributed by atoms with van der Waals surface area (Å²) in [5.74, 6) is -1.77. The Hall–Kier alpha value is -3.84. The van der Waals surface area contributed by atoms with Crippen molar-refractivity contribution in [3.05, 3.63) is 94.9 Å². The summed E-state index contributed by atoms with van der Waals surface area (Å²) in [7, 11) is 0. The van der Waals surface area contributed by atoms with E-state index in [4.69, 9.17) is 0 Å². The zero-order valence-electron chi connectivity index (χ0n) is 16.6. The van der Waals surface area contributed by atoms with Crippen molar-refractivity contribution in [2.24, 2.45) is 0 Å². The molecule has 2 heterocycles. The van der Waals surface area contributed by atoms with Crippen LogP contribution in [0, 0.1) is 0 Å². The molecule has 0 bridgehead atoms. The molecule has 156 valence electrons. The molecule has 3 aromatic carbocycles. The van der Waals surface area contributed by atoms with E-state index in [0.717, 1.165) is 21.8 Å². The van der Waals surface area contributed by atoms with Crippen LogP contribution in [-0.2, 0) is 4.79 Å². The van der Waals surface area contributed by atoms with Gasteiger partial charge in [-0.1, -0.05) is 66.7 Å². The van der Waals surface area contributed by atoms with E-state index >= 15 is 0 Å². The molecule has 4 aromatic rings. The van der Waals surface area contributed by atoms with Crippen LogP contribution in [0.2, 0.25) is 0 Å². The van der Waals surface area contributed by atoms with Gasteiger partial charge in [0.25, 0.3) is 11.1 Å². The van der Waals surface area contributed by atoms with Gasteiger partial charge in [0.1, 0.15) is 0 Å². The lowest BCUT2D eigenvalue weighted by molar-refractivity contribution is -0.125. The van der Waals surface area contributed by atoms with E-state index in [2.05, 4.69) is 4.98 Å². The maximum absolute atomic E-state index is 15.0. The number of thioether (sulfide) groups is 1. The van der Waals surface area contributed by atoms with Crippen LogP contribution >= 0.6 is 11.8 Å². The number of halogens is 1. The summed E-state index contributed by atoms with van der Waals surface area (Å²) in [5.41, 5.74) is 2.27. The SMILES string of the molecule is O=C(c1ccccc1)C(F)N1C(=O)S/C(=C\c2c3ccccc3nc3ccccc23)C1=O. The summed E-state index contributed by atoms with van der Waals surface area (Å²) < 4.78 is 15.0. The van der Waals surface area contributed by atoms with Gasteiger partial charge in [0.15, 0.2) is 0 Å².